The van der Waals surface area contributed by atoms with Gasteiger partial charge in [0.05, 0.1) is 12.5 Å². The van der Waals surface area contributed by atoms with Crippen LogP contribution in [0.15, 0.2) is 36.4 Å². The van der Waals surface area contributed by atoms with Crippen LogP contribution < -0.4 is 5.32 Å². The van der Waals surface area contributed by atoms with Crippen molar-refractivity contribution in [3.63, 3.8) is 0 Å². The Labute approximate surface area is 132 Å². The number of esters is 1. The van der Waals surface area contributed by atoms with Gasteiger partial charge < -0.3 is 10.1 Å². The number of hydrogen-bond donors (Lipinski definition) is 1. The molecule has 112 valence electrons. The highest BCUT2D eigenvalue weighted by molar-refractivity contribution is 7.13. The SMILES string of the molecule is Cc1ccc(C(=O)OCC(=O)Nc2ccc(CC#N)cc2)s1. The first kappa shape index (κ1) is 15.7. The lowest BCUT2D eigenvalue weighted by Crippen LogP contribution is -2.20. The Morgan fingerprint density at radius 3 is 2.55 bits per heavy atom. The van der Waals surface area contributed by atoms with Crippen LogP contribution in [0.2, 0.25) is 0 Å². The molecule has 1 aromatic carbocycles. The summed E-state index contributed by atoms with van der Waals surface area (Å²) in [4.78, 5) is 24.9. The van der Waals surface area contributed by atoms with Crippen molar-refractivity contribution in [1.82, 2.24) is 0 Å². The molecule has 6 heteroatoms. The first-order valence-corrected chi connectivity index (χ1v) is 7.39. The molecular formula is C16H14N2O3S. The van der Waals surface area contributed by atoms with E-state index in [1.807, 2.05) is 13.0 Å². The summed E-state index contributed by atoms with van der Waals surface area (Å²) in [5.41, 5.74) is 1.47. The number of carbonyl (C=O) groups excluding carboxylic acids is 2. The molecule has 1 amide bonds. The molecule has 0 saturated heterocycles. The number of nitrogens with one attached hydrogen (secondary N) is 1. The highest BCUT2D eigenvalue weighted by atomic mass is 32.1. The summed E-state index contributed by atoms with van der Waals surface area (Å²) >= 11 is 1.33. The van der Waals surface area contributed by atoms with Crippen molar-refractivity contribution in [2.24, 2.45) is 0 Å². The number of nitrogens with zero attached hydrogens (tertiary/aromatic N) is 1. The van der Waals surface area contributed by atoms with E-state index in [0.717, 1.165) is 10.4 Å². The van der Waals surface area contributed by atoms with Gasteiger partial charge in [-0.25, -0.2) is 4.79 Å². The van der Waals surface area contributed by atoms with Crippen LogP contribution in [-0.4, -0.2) is 18.5 Å². The van der Waals surface area contributed by atoms with E-state index in [1.165, 1.54) is 11.3 Å². The summed E-state index contributed by atoms with van der Waals surface area (Å²) in [6.07, 6.45) is 0.325. The van der Waals surface area contributed by atoms with E-state index >= 15 is 0 Å². The van der Waals surface area contributed by atoms with Crippen LogP contribution in [0.1, 0.15) is 20.1 Å². The molecule has 1 N–H and O–H groups in total. The second kappa shape index (κ2) is 7.38. The van der Waals surface area contributed by atoms with Gasteiger partial charge in [0.15, 0.2) is 6.61 Å². The molecule has 0 fully saturated rings. The lowest BCUT2D eigenvalue weighted by molar-refractivity contribution is -0.119. The normalized spacial score (nSPS) is 9.82. The van der Waals surface area contributed by atoms with Gasteiger partial charge in [0.1, 0.15) is 4.88 Å². The molecule has 0 atom stereocenters. The third-order valence-corrected chi connectivity index (χ3v) is 3.78. The van der Waals surface area contributed by atoms with E-state index in [2.05, 4.69) is 11.4 Å². The first-order chi connectivity index (χ1) is 10.6. The Balaban J connectivity index is 1.82. The second-order valence-electron chi connectivity index (χ2n) is 4.57. The molecule has 2 aromatic rings. The van der Waals surface area contributed by atoms with Crippen molar-refractivity contribution >= 4 is 28.9 Å². The van der Waals surface area contributed by atoms with E-state index in [0.29, 0.717) is 17.0 Å². The quantitative estimate of drug-likeness (QED) is 0.861. The summed E-state index contributed by atoms with van der Waals surface area (Å²) in [6.45, 7) is 1.56. The molecule has 0 aliphatic rings. The lowest BCUT2D eigenvalue weighted by Gasteiger charge is -2.06. The molecule has 0 bridgehead atoms. The third kappa shape index (κ3) is 4.43. The summed E-state index contributed by atoms with van der Waals surface area (Å²) < 4.78 is 4.95. The van der Waals surface area contributed by atoms with E-state index in [-0.39, 0.29) is 6.61 Å². The smallest absolute Gasteiger partial charge is 0.348 e. The maximum absolute atomic E-state index is 11.7. The summed E-state index contributed by atoms with van der Waals surface area (Å²) in [7, 11) is 0. The van der Waals surface area contributed by atoms with E-state index in [9.17, 15) is 9.59 Å². The molecular weight excluding hydrogens is 300 g/mol. The monoisotopic (exact) mass is 314 g/mol. The molecule has 0 aliphatic heterocycles. The highest BCUT2D eigenvalue weighted by Gasteiger charge is 2.12. The molecule has 0 radical (unpaired) electrons. The van der Waals surface area contributed by atoms with Gasteiger partial charge >= 0.3 is 5.97 Å². The lowest BCUT2D eigenvalue weighted by atomic mass is 10.1. The van der Waals surface area contributed by atoms with Gasteiger partial charge in [0.25, 0.3) is 5.91 Å². The van der Waals surface area contributed by atoms with Crippen LogP contribution in [0.25, 0.3) is 0 Å². The van der Waals surface area contributed by atoms with Crippen molar-refractivity contribution < 1.29 is 14.3 Å². The number of ether oxygens (including phenoxy) is 1. The molecule has 1 aromatic heterocycles. The van der Waals surface area contributed by atoms with Crippen LogP contribution in [0.3, 0.4) is 0 Å². The zero-order chi connectivity index (χ0) is 15.9. The fourth-order valence-corrected chi connectivity index (χ4v) is 2.50. The van der Waals surface area contributed by atoms with Crippen molar-refractivity contribution in [2.75, 3.05) is 11.9 Å². The van der Waals surface area contributed by atoms with Gasteiger partial charge in [-0.05, 0) is 36.8 Å². The van der Waals surface area contributed by atoms with Gasteiger partial charge in [-0.1, -0.05) is 12.1 Å². The van der Waals surface area contributed by atoms with Crippen molar-refractivity contribution in [1.29, 1.82) is 5.26 Å². The minimum Gasteiger partial charge on any atom is -0.451 e. The molecule has 5 nitrogen and oxygen atoms in total. The summed E-state index contributed by atoms with van der Waals surface area (Å²) in [6, 6.07) is 12.5. The number of carbonyl (C=O) groups is 2. The van der Waals surface area contributed by atoms with Crippen molar-refractivity contribution in [3.05, 3.63) is 51.7 Å². The standard InChI is InChI=1S/C16H14N2O3S/c1-11-2-7-14(22-11)16(20)21-10-15(19)18-13-5-3-12(4-6-13)8-9-17/h2-7H,8,10H2,1H3,(H,18,19). The second-order valence-corrected chi connectivity index (χ2v) is 5.85. The maximum atomic E-state index is 11.7. The number of hydrogen-bond acceptors (Lipinski definition) is 5. The predicted molar refractivity (Wildman–Crippen MR) is 83.7 cm³/mol. The number of benzene rings is 1. The fraction of sp³-hybridized carbons (Fsp3) is 0.188. The van der Waals surface area contributed by atoms with Crippen LogP contribution in [0, 0.1) is 18.3 Å². The Bertz CT molecular complexity index is 714. The zero-order valence-electron chi connectivity index (χ0n) is 12.0. The Kier molecular flexibility index (Phi) is 5.28. The largest absolute Gasteiger partial charge is 0.451 e. The molecule has 2 rings (SSSR count). The number of nitriles is 1. The maximum Gasteiger partial charge on any atom is 0.348 e. The van der Waals surface area contributed by atoms with Crippen LogP contribution >= 0.6 is 11.3 Å². The summed E-state index contributed by atoms with van der Waals surface area (Å²) in [5.74, 6) is -0.910. The molecule has 22 heavy (non-hydrogen) atoms. The molecule has 0 saturated carbocycles. The predicted octanol–water partition coefficient (Wildman–Crippen LogP) is 2.92. The van der Waals surface area contributed by atoms with Crippen LogP contribution in [0.4, 0.5) is 5.69 Å². The Morgan fingerprint density at radius 1 is 1.23 bits per heavy atom. The minimum absolute atomic E-state index is 0.325. The van der Waals surface area contributed by atoms with Gasteiger partial charge in [0, 0.05) is 10.6 Å². The van der Waals surface area contributed by atoms with Gasteiger partial charge in [-0.2, -0.15) is 5.26 Å². The summed E-state index contributed by atoms with van der Waals surface area (Å²) in [5, 5.41) is 11.2. The first-order valence-electron chi connectivity index (χ1n) is 6.58. The average molecular weight is 314 g/mol. The molecule has 1 heterocycles. The van der Waals surface area contributed by atoms with Gasteiger partial charge in [-0.15, -0.1) is 11.3 Å². The fourth-order valence-electron chi connectivity index (χ4n) is 1.74. The van der Waals surface area contributed by atoms with Crippen LogP contribution in [0.5, 0.6) is 0 Å². The number of aryl methyl sites for hydroxylation is 1. The topological polar surface area (TPSA) is 79.2 Å². The number of anilines is 1. The zero-order valence-corrected chi connectivity index (χ0v) is 12.8. The minimum atomic E-state index is -0.502. The molecule has 0 aliphatic carbocycles. The van der Waals surface area contributed by atoms with E-state index in [4.69, 9.17) is 10.00 Å². The van der Waals surface area contributed by atoms with Crippen molar-refractivity contribution in [3.8, 4) is 6.07 Å². The molecule has 0 spiro atoms. The van der Waals surface area contributed by atoms with Crippen molar-refractivity contribution in [2.45, 2.75) is 13.3 Å². The highest BCUT2D eigenvalue weighted by Crippen LogP contribution is 2.16. The van der Waals surface area contributed by atoms with Crippen LogP contribution in [-0.2, 0) is 16.0 Å². The number of amides is 1. The third-order valence-electron chi connectivity index (χ3n) is 2.80. The molecule has 0 unspecified atom stereocenters. The van der Waals surface area contributed by atoms with E-state index in [1.54, 1.807) is 30.3 Å². The Hall–Kier alpha value is -2.65. The Morgan fingerprint density at radius 2 is 1.95 bits per heavy atom. The van der Waals surface area contributed by atoms with Gasteiger partial charge in [0.2, 0.25) is 0 Å². The number of rotatable bonds is 5. The number of thiophene rings is 1. The van der Waals surface area contributed by atoms with E-state index < -0.39 is 11.9 Å². The van der Waals surface area contributed by atoms with Gasteiger partial charge in [-0.3, -0.25) is 4.79 Å². The average Bonchev–Trinajstić information content (AvgIpc) is 2.94.